The fourth-order valence-corrected chi connectivity index (χ4v) is 5.92. The van der Waals surface area contributed by atoms with Crippen LogP contribution in [-0.2, 0) is 18.6 Å². The van der Waals surface area contributed by atoms with Crippen molar-refractivity contribution in [3.05, 3.63) is 0 Å². The summed E-state index contributed by atoms with van der Waals surface area (Å²) < 4.78 is 21.5. The average Bonchev–Trinajstić information content (AvgIpc) is 3.03. The largest absolute Gasteiger partial charge is 0.756 e. The zero-order valence-corrected chi connectivity index (χ0v) is 21.6. The van der Waals surface area contributed by atoms with E-state index in [0.29, 0.717) is 5.92 Å². The molecule has 8 N–H and O–H groups in total. The number of carbonyl (C=O) groups is 1. The molecule has 0 aromatic rings. The highest BCUT2D eigenvalue weighted by Crippen LogP contribution is 2.40. The summed E-state index contributed by atoms with van der Waals surface area (Å²) in [7, 11) is -3.30. The Bertz CT molecular complexity index is 658. The van der Waals surface area contributed by atoms with Crippen LogP contribution >= 0.6 is 31.2 Å². The maximum atomic E-state index is 13.0. The van der Waals surface area contributed by atoms with Crippen molar-refractivity contribution in [2.45, 2.75) is 80.4 Å². The van der Waals surface area contributed by atoms with E-state index in [1.54, 1.807) is 13.2 Å². The lowest BCUT2D eigenvalue weighted by atomic mass is 9.92. The normalized spacial score (nSPS) is 37.2. The first-order valence-corrected chi connectivity index (χ1v) is 13.5. The summed E-state index contributed by atoms with van der Waals surface area (Å²) in [4.78, 5) is 35.2. The number of halogens is 1. The first-order chi connectivity index (χ1) is 14.4. The van der Waals surface area contributed by atoms with Gasteiger partial charge in [-0.15, -0.1) is 23.4 Å². The van der Waals surface area contributed by atoms with Crippen LogP contribution in [0.2, 0.25) is 0 Å². The molecular weight excluding hydrogens is 485 g/mol. The minimum Gasteiger partial charge on any atom is -0.756 e. The highest BCUT2D eigenvalue weighted by Gasteiger charge is 2.50. The van der Waals surface area contributed by atoms with Gasteiger partial charge in [-0.2, -0.15) is 0 Å². The van der Waals surface area contributed by atoms with Gasteiger partial charge in [-0.1, -0.05) is 13.3 Å². The van der Waals surface area contributed by atoms with Crippen LogP contribution in [-0.4, -0.2) is 93.1 Å². The van der Waals surface area contributed by atoms with E-state index in [4.69, 9.17) is 21.2 Å². The van der Waals surface area contributed by atoms with E-state index in [2.05, 4.69) is 16.8 Å². The van der Waals surface area contributed by atoms with Crippen LogP contribution in [0.1, 0.15) is 33.1 Å². The number of carbonyl (C=O) groups excluding carboxylic acids is 1. The van der Waals surface area contributed by atoms with Crippen molar-refractivity contribution in [1.82, 2.24) is 16.4 Å². The molecule has 11 nitrogen and oxygen atoms in total. The minimum atomic E-state index is -5.18. The number of likely N-dealkylation sites (tertiary alicyclic amines) is 1. The molecular formula is C18H37ClN3O8PS. The van der Waals surface area contributed by atoms with Crippen molar-refractivity contribution in [3.63, 3.8) is 0 Å². The highest BCUT2D eigenvalue weighted by molar-refractivity contribution is 7.99. The Morgan fingerprint density at radius 2 is 2.06 bits per heavy atom. The van der Waals surface area contributed by atoms with E-state index in [1.165, 1.54) is 0 Å². The van der Waals surface area contributed by atoms with Gasteiger partial charge >= 0.3 is 0 Å². The van der Waals surface area contributed by atoms with Crippen molar-refractivity contribution in [2.24, 2.45) is 5.92 Å². The minimum absolute atomic E-state index is 0. The second-order valence-electron chi connectivity index (χ2n) is 8.28. The van der Waals surface area contributed by atoms with E-state index in [1.807, 2.05) is 11.9 Å². The highest BCUT2D eigenvalue weighted by atomic mass is 35.5. The summed E-state index contributed by atoms with van der Waals surface area (Å²) in [5.41, 5.74) is -1.03. The van der Waals surface area contributed by atoms with E-state index in [-0.39, 0.29) is 18.1 Å². The summed E-state index contributed by atoms with van der Waals surface area (Å²) >= 11 is 7.35. The topological polar surface area (TPSA) is 188 Å². The van der Waals surface area contributed by atoms with Gasteiger partial charge < -0.3 is 40.7 Å². The molecule has 0 aliphatic carbocycles. The van der Waals surface area contributed by atoms with Crippen LogP contribution in [0.25, 0.3) is 0 Å². The van der Waals surface area contributed by atoms with Crippen LogP contribution in [0.3, 0.4) is 0 Å². The van der Waals surface area contributed by atoms with Crippen molar-refractivity contribution < 1.29 is 38.6 Å². The Balaban J connectivity index is 0.00000512. The molecule has 0 bridgehead atoms. The van der Waals surface area contributed by atoms with Crippen LogP contribution in [0, 0.1) is 5.92 Å². The number of likely N-dealkylation sites (N-methyl/N-ethyl adjacent to an activating group) is 1. The molecule has 2 aliphatic rings. The molecule has 0 spiro atoms. The number of aliphatic hydroxyl groups is 2. The molecule has 2 heterocycles. The number of phosphoric acid groups is 1. The Hall–Kier alpha value is 0.0200. The number of nitrogens with one attached hydrogen (secondary N) is 1. The van der Waals surface area contributed by atoms with Crippen LogP contribution in [0.5, 0.6) is 0 Å². The standard InChI is InChI=1S/C18H34ClN2O8PS.H3N/c1-5-6-10-7-11(21(3)8-10)17(24)20-12(9(2)19)15-13(22)14(23)16(18(28-15)31-4)29-30(25,26)27;/h9-16,18,22-23H,5-8H2,1-4H3,(H,20,24)(H2,25,26,27);1H3/t9-,10+,11?,12-,13-,14?,15-,16?,18-;/m1./s1. The number of nitrogens with zero attached hydrogens (tertiary/aromatic N) is 1. The number of thioether (sulfide) groups is 1. The number of ether oxygens (including phenoxy) is 1. The number of alkyl halides is 1. The molecule has 2 saturated heterocycles. The smallest absolute Gasteiger partial charge is 0.265 e. The number of aliphatic hydroxyl groups excluding tert-OH is 2. The predicted molar refractivity (Wildman–Crippen MR) is 122 cm³/mol. The van der Waals surface area contributed by atoms with Gasteiger partial charge in [0.15, 0.2) is 0 Å². The number of amides is 1. The van der Waals surface area contributed by atoms with Crippen LogP contribution in [0.4, 0.5) is 0 Å². The summed E-state index contributed by atoms with van der Waals surface area (Å²) in [5.74, 6) is 0.179. The molecule has 2 rings (SSSR count). The molecule has 0 radical (unpaired) electrons. The third-order valence-corrected chi connectivity index (χ3v) is 7.49. The summed E-state index contributed by atoms with van der Waals surface area (Å²) in [6.07, 6.45) is -1.56. The van der Waals surface area contributed by atoms with Gasteiger partial charge in [0.25, 0.3) is 7.82 Å². The van der Waals surface area contributed by atoms with Crippen molar-refractivity contribution >= 4 is 37.1 Å². The maximum Gasteiger partial charge on any atom is 0.265 e. The van der Waals surface area contributed by atoms with Gasteiger partial charge in [0.2, 0.25) is 5.91 Å². The second-order valence-corrected chi connectivity index (χ2v) is 11.1. The monoisotopic (exact) mass is 521 g/mol. The lowest BCUT2D eigenvalue weighted by molar-refractivity contribution is -0.249. The summed E-state index contributed by atoms with van der Waals surface area (Å²) in [5, 5.41) is 23.3. The molecule has 2 aliphatic heterocycles. The third-order valence-electron chi connectivity index (χ3n) is 5.86. The van der Waals surface area contributed by atoms with Gasteiger partial charge in [0.05, 0.1) is 17.5 Å². The fraction of sp³-hybridized carbons (Fsp3) is 0.944. The van der Waals surface area contributed by atoms with E-state index >= 15 is 0 Å². The molecule has 1 amide bonds. The molecule has 0 saturated carbocycles. The number of hydrogen-bond donors (Lipinski definition) is 5. The third kappa shape index (κ3) is 7.51. The maximum absolute atomic E-state index is 13.0. The van der Waals surface area contributed by atoms with Gasteiger partial charge in [0.1, 0.15) is 29.9 Å². The Morgan fingerprint density at radius 1 is 1.44 bits per heavy atom. The van der Waals surface area contributed by atoms with Gasteiger partial charge in [-0.05, 0) is 39.0 Å². The summed E-state index contributed by atoms with van der Waals surface area (Å²) in [6, 6.07) is -1.20. The van der Waals surface area contributed by atoms with Gasteiger partial charge in [0, 0.05) is 6.54 Å². The number of rotatable bonds is 9. The van der Waals surface area contributed by atoms with Crippen LogP contribution in [0.15, 0.2) is 0 Å². The molecule has 14 heteroatoms. The molecule has 2 fully saturated rings. The van der Waals surface area contributed by atoms with E-state index in [0.717, 1.165) is 37.6 Å². The molecule has 10 atom stereocenters. The van der Waals surface area contributed by atoms with E-state index in [9.17, 15) is 24.5 Å². The van der Waals surface area contributed by atoms with Crippen molar-refractivity contribution in [3.8, 4) is 0 Å². The van der Waals surface area contributed by atoms with Crippen LogP contribution < -0.4 is 16.4 Å². The SMILES string of the molecule is CCC[C@H]1CC(C(=O)N[C@@H]([C@H]2O[C@H](SC)C(OP(=O)([O-])O)C(O)[C@H]2O)[C@@H](C)Cl)N(C)C1.[NH4+]. The van der Waals surface area contributed by atoms with Crippen molar-refractivity contribution in [2.75, 3.05) is 19.8 Å². The first kappa shape index (κ1) is 30.1. The Morgan fingerprint density at radius 3 is 2.56 bits per heavy atom. The lowest BCUT2D eigenvalue weighted by Crippen LogP contribution is -2.65. The van der Waals surface area contributed by atoms with Gasteiger partial charge in [-0.25, -0.2) is 0 Å². The lowest BCUT2D eigenvalue weighted by Gasteiger charge is -2.46. The van der Waals surface area contributed by atoms with E-state index < -0.39 is 49.1 Å². The Labute approximate surface area is 198 Å². The fourth-order valence-electron chi connectivity index (χ4n) is 4.36. The number of phosphoric ester groups is 1. The molecule has 0 aromatic carbocycles. The number of quaternary nitrogens is 1. The molecule has 4 unspecified atom stereocenters. The second kappa shape index (κ2) is 12.6. The summed E-state index contributed by atoms with van der Waals surface area (Å²) in [6.45, 7) is 4.55. The molecule has 0 aromatic heterocycles. The predicted octanol–water partition coefficient (Wildman–Crippen LogP) is 0.251. The number of hydrogen-bond acceptors (Lipinski definition) is 9. The zero-order chi connectivity index (χ0) is 23.5. The van der Waals surface area contributed by atoms with Crippen molar-refractivity contribution in [1.29, 1.82) is 0 Å². The van der Waals surface area contributed by atoms with Gasteiger partial charge in [-0.3, -0.25) is 14.3 Å². The quantitative estimate of drug-likeness (QED) is 0.208. The zero-order valence-electron chi connectivity index (χ0n) is 19.1. The molecule has 190 valence electrons. The first-order valence-electron chi connectivity index (χ1n) is 10.3. The Kier molecular flexibility index (Phi) is 11.9. The molecule has 32 heavy (non-hydrogen) atoms. The average molecular weight is 522 g/mol.